The Bertz CT molecular complexity index is 1020. The summed E-state index contributed by atoms with van der Waals surface area (Å²) in [7, 11) is 0. The minimum Gasteiger partial charge on any atom is -0.507 e. The number of phenolic OH excluding ortho intramolecular Hbond substituents is 1. The third kappa shape index (κ3) is 2.56. The van der Waals surface area contributed by atoms with Gasteiger partial charge < -0.3 is 14.3 Å². The molecule has 5 nitrogen and oxygen atoms in total. The van der Waals surface area contributed by atoms with Crippen LogP contribution in [0.25, 0.3) is 21.9 Å². The van der Waals surface area contributed by atoms with Gasteiger partial charge >= 0.3 is 5.97 Å². The van der Waals surface area contributed by atoms with Crippen LogP contribution in [0.3, 0.4) is 0 Å². The van der Waals surface area contributed by atoms with E-state index in [2.05, 4.69) is 4.98 Å². The molecule has 0 aliphatic rings. The Labute approximate surface area is 137 Å². The van der Waals surface area contributed by atoms with Gasteiger partial charge in [0.1, 0.15) is 16.8 Å². The largest absolute Gasteiger partial charge is 0.507 e. The quantitative estimate of drug-likeness (QED) is 0.577. The molecular formula is C19H13NO4. The molecule has 0 bridgehead atoms. The second-order valence-electron chi connectivity index (χ2n) is 5.37. The molecule has 5 heteroatoms. The fourth-order valence-corrected chi connectivity index (χ4v) is 2.58. The van der Waals surface area contributed by atoms with Crippen LogP contribution in [0.2, 0.25) is 0 Å². The minimum absolute atomic E-state index is 0.0974. The van der Waals surface area contributed by atoms with Gasteiger partial charge in [-0.2, -0.15) is 0 Å². The number of ether oxygens (including phenoxy) is 1. The SMILES string of the molecule is O=C(OCc1nc2ccccc2o1)c1cc2ccccc2cc1O. The molecule has 24 heavy (non-hydrogen) atoms. The van der Waals surface area contributed by atoms with E-state index in [4.69, 9.17) is 9.15 Å². The van der Waals surface area contributed by atoms with Crippen LogP contribution in [0.15, 0.2) is 65.1 Å². The van der Waals surface area contributed by atoms with Crippen molar-refractivity contribution >= 4 is 27.8 Å². The Morgan fingerprint density at radius 2 is 1.75 bits per heavy atom. The lowest BCUT2D eigenvalue weighted by Gasteiger charge is -2.06. The molecule has 0 aliphatic heterocycles. The van der Waals surface area contributed by atoms with Crippen molar-refractivity contribution in [3.63, 3.8) is 0 Å². The molecule has 0 unspecified atom stereocenters. The zero-order chi connectivity index (χ0) is 16.5. The standard InChI is InChI=1S/C19H13NO4/c21-16-10-13-6-2-1-5-12(13)9-14(16)19(22)23-11-18-20-15-7-3-4-8-17(15)24-18/h1-10,21H,11H2. The first-order chi connectivity index (χ1) is 11.7. The van der Waals surface area contributed by atoms with Gasteiger partial charge in [0.05, 0.1) is 0 Å². The van der Waals surface area contributed by atoms with Gasteiger partial charge in [0.25, 0.3) is 0 Å². The Hall–Kier alpha value is -3.34. The highest BCUT2D eigenvalue weighted by Crippen LogP contribution is 2.26. The molecule has 0 radical (unpaired) electrons. The van der Waals surface area contributed by atoms with Crippen LogP contribution in [-0.4, -0.2) is 16.1 Å². The van der Waals surface area contributed by atoms with Gasteiger partial charge in [-0.15, -0.1) is 0 Å². The second kappa shape index (κ2) is 5.70. The number of benzene rings is 3. The number of phenols is 1. The van der Waals surface area contributed by atoms with E-state index in [1.807, 2.05) is 42.5 Å². The van der Waals surface area contributed by atoms with Gasteiger partial charge in [-0.05, 0) is 35.0 Å². The van der Waals surface area contributed by atoms with E-state index in [1.54, 1.807) is 18.2 Å². The van der Waals surface area contributed by atoms with Crippen molar-refractivity contribution in [3.05, 3.63) is 72.1 Å². The maximum absolute atomic E-state index is 12.2. The maximum Gasteiger partial charge on any atom is 0.342 e. The van der Waals surface area contributed by atoms with Gasteiger partial charge in [0.2, 0.25) is 5.89 Å². The number of carbonyl (C=O) groups excluding carboxylic acids is 1. The average molecular weight is 319 g/mol. The van der Waals surface area contributed by atoms with Gasteiger partial charge in [0, 0.05) is 0 Å². The van der Waals surface area contributed by atoms with Gasteiger partial charge in [-0.25, -0.2) is 9.78 Å². The molecule has 4 aromatic rings. The fourth-order valence-electron chi connectivity index (χ4n) is 2.58. The van der Waals surface area contributed by atoms with E-state index in [0.29, 0.717) is 17.0 Å². The average Bonchev–Trinajstić information content (AvgIpc) is 3.02. The molecule has 0 atom stereocenters. The van der Waals surface area contributed by atoms with E-state index < -0.39 is 5.97 Å². The molecule has 1 N–H and O–H groups in total. The summed E-state index contributed by atoms with van der Waals surface area (Å²) in [5.74, 6) is -0.429. The van der Waals surface area contributed by atoms with Crippen molar-refractivity contribution in [1.82, 2.24) is 4.98 Å². The summed E-state index contributed by atoms with van der Waals surface area (Å²) in [6.45, 7) is -0.0974. The van der Waals surface area contributed by atoms with E-state index in [-0.39, 0.29) is 17.9 Å². The molecular weight excluding hydrogens is 306 g/mol. The van der Waals surface area contributed by atoms with Crippen LogP contribution >= 0.6 is 0 Å². The van der Waals surface area contributed by atoms with E-state index in [9.17, 15) is 9.90 Å². The summed E-state index contributed by atoms with van der Waals surface area (Å²) < 4.78 is 10.7. The highest BCUT2D eigenvalue weighted by atomic mass is 16.5. The van der Waals surface area contributed by atoms with Crippen LogP contribution in [-0.2, 0) is 11.3 Å². The first-order valence-electron chi connectivity index (χ1n) is 7.44. The van der Waals surface area contributed by atoms with Crippen LogP contribution in [0.1, 0.15) is 16.2 Å². The van der Waals surface area contributed by atoms with Gasteiger partial charge in [-0.1, -0.05) is 36.4 Å². The highest BCUT2D eigenvalue weighted by molar-refractivity contribution is 5.98. The number of carbonyl (C=O) groups is 1. The Kier molecular flexibility index (Phi) is 3.39. The maximum atomic E-state index is 12.2. The van der Waals surface area contributed by atoms with E-state index in [1.165, 1.54) is 0 Å². The summed E-state index contributed by atoms with van der Waals surface area (Å²) in [6.07, 6.45) is 0. The Balaban J connectivity index is 1.56. The van der Waals surface area contributed by atoms with Crippen LogP contribution in [0.4, 0.5) is 0 Å². The van der Waals surface area contributed by atoms with Crippen molar-refractivity contribution in [2.24, 2.45) is 0 Å². The number of para-hydroxylation sites is 2. The molecule has 118 valence electrons. The zero-order valence-electron chi connectivity index (χ0n) is 12.6. The molecule has 0 saturated heterocycles. The molecule has 0 saturated carbocycles. The smallest absolute Gasteiger partial charge is 0.342 e. The molecule has 1 heterocycles. The summed E-state index contributed by atoms with van der Waals surface area (Å²) >= 11 is 0. The normalized spacial score (nSPS) is 11.0. The lowest BCUT2D eigenvalue weighted by Crippen LogP contribution is -2.05. The molecule has 1 aromatic heterocycles. The van der Waals surface area contributed by atoms with Crippen molar-refractivity contribution < 1.29 is 19.1 Å². The third-order valence-corrected chi connectivity index (χ3v) is 3.75. The molecule has 0 spiro atoms. The summed E-state index contributed by atoms with van der Waals surface area (Å²) in [5.41, 5.74) is 1.46. The second-order valence-corrected chi connectivity index (χ2v) is 5.37. The zero-order valence-corrected chi connectivity index (χ0v) is 12.6. The van der Waals surface area contributed by atoms with E-state index in [0.717, 1.165) is 10.8 Å². The van der Waals surface area contributed by atoms with Crippen molar-refractivity contribution in [3.8, 4) is 5.75 Å². The number of oxazole rings is 1. The fraction of sp³-hybridized carbons (Fsp3) is 0.0526. The predicted molar refractivity (Wildman–Crippen MR) is 88.7 cm³/mol. The third-order valence-electron chi connectivity index (χ3n) is 3.75. The first-order valence-corrected chi connectivity index (χ1v) is 7.44. The Morgan fingerprint density at radius 3 is 2.54 bits per heavy atom. The minimum atomic E-state index is -0.625. The number of hydrogen-bond acceptors (Lipinski definition) is 5. The molecule has 0 aliphatic carbocycles. The van der Waals surface area contributed by atoms with Crippen molar-refractivity contribution in [2.75, 3.05) is 0 Å². The Morgan fingerprint density at radius 1 is 1.04 bits per heavy atom. The van der Waals surface area contributed by atoms with Crippen molar-refractivity contribution in [2.45, 2.75) is 6.61 Å². The summed E-state index contributed by atoms with van der Waals surface area (Å²) in [5, 5.41) is 11.8. The lowest BCUT2D eigenvalue weighted by molar-refractivity contribution is 0.0437. The lowest BCUT2D eigenvalue weighted by atomic mass is 10.1. The number of hydrogen-bond donors (Lipinski definition) is 1. The topological polar surface area (TPSA) is 72.6 Å². The summed E-state index contributed by atoms with van der Waals surface area (Å²) in [6, 6.07) is 17.9. The highest BCUT2D eigenvalue weighted by Gasteiger charge is 2.15. The number of aromatic hydroxyl groups is 1. The number of aromatic nitrogens is 1. The number of nitrogens with zero attached hydrogens (tertiary/aromatic N) is 1. The number of esters is 1. The van der Waals surface area contributed by atoms with Gasteiger partial charge in [-0.3, -0.25) is 0 Å². The predicted octanol–water partition coefficient (Wildman–Crippen LogP) is 4.04. The van der Waals surface area contributed by atoms with Crippen molar-refractivity contribution in [1.29, 1.82) is 0 Å². The number of rotatable bonds is 3. The monoisotopic (exact) mass is 319 g/mol. The van der Waals surface area contributed by atoms with E-state index >= 15 is 0 Å². The molecule has 0 fully saturated rings. The molecule has 0 amide bonds. The number of fused-ring (bicyclic) bond motifs is 2. The first kappa shape index (κ1) is 14.3. The van der Waals surface area contributed by atoms with Gasteiger partial charge in [0.15, 0.2) is 12.2 Å². The summed E-state index contributed by atoms with van der Waals surface area (Å²) in [4.78, 5) is 16.5. The van der Waals surface area contributed by atoms with Crippen LogP contribution < -0.4 is 0 Å². The van der Waals surface area contributed by atoms with Crippen LogP contribution in [0.5, 0.6) is 5.75 Å². The van der Waals surface area contributed by atoms with Crippen LogP contribution in [0, 0.1) is 0 Å². The molecule has 4 rings (SSSR count). The molecule has 3 aromatic carbocycles.